The Hall–Kier alpha value is -1.94. The Morgan fingerprint density at radius 2 is 1.95 bits per heavy atom. The third-order valence-corrected chi connectivity index (χ3v) is 3.02. The summed E-state index contributed by atoms with van der Waals surface area (Å²) in [5.74, 6) is -0.0827. The summed E-state index contributed by atoms with van der Waals surface area (Å²) in [4.78, 5) is 4.50. The number of hydrogen-bond donors (Lipinski definition) is 1. The molecule has 2 rings (SSSR count). The first-order valence-corrected chi connectivity index (χ1v) is 7.12. The minimum absolute atomic E-state index is 0.260. The second kappa shape index (κ2) is 7.18. The lowest BCUT2D eigenvalue weighted by Gasteiger charge is -2.10. The number of aromatic nitrogens is 1. The van der Waals surface area contributed by atoms with E-state index in [4.69, 9.17) is 4.74 Å². The molecule has 1 aromatic heterocycles. The molecule has 0 saturated carbocycles. The molecule has 0 saturated heterocycles. The van der Waals surface area contributed by atoms with Crippen molar-refractivity contribution in [2.24, 2.45) is 0 Å². The van der Waals surface area contributed by atoms with Gasteiger partial charge in [0.15, 0.2) is 11.6 Å². The van der Waals surface area contributed by atoms with Gasteiger partial charge in [-0.2, -0.15) is 0 Å². The maximum Gasteiger partial charge on any atom is 0.165 e. The van der Waals surface area contributed by atoms with Gasteiger partial charge < -0.3 is 10.1 Å². The summed E-state index contributed by atoms with van der Waals surface area (Å²) in [5.41, 5.74) is 2.71. The van der Waals surface area contributed by atoms with Crippen molar-refractivity contribution in [2.45, 2.75) is 40.0 Å². The molecule has 4 heteroatoms. The fourth-order valence-electron chi connectivity index (χ4n) is 1.89. The average Bonchev–Trinajstić information content (AvgIpc) is 2.46. The first-order valence-electron chi connectivity index (χ1n) is 7.12. The molecule has 0 fully saturated rings. The molecular weight excluding hydrogens is 267 g/mol. The highest BCUT2D eigenvalue weighted by atomic mass is 19.1. The molecule has 0 aliphatic rings. The van der Waals surface area contributed by atoms with E-state index in [1.807, 2.05) is 25.1 Å². The molecule has 0 radical (unpaired) electrons. The number of nitrogens with one attached hydrogen (secondary N) is 1. The van der Waals surface area contributed by atoms with Crippen LogP contribution in [0, 0.1) is 12.7 Å². The third-order valence-electron chi connectivity index (χ3n) is 3.02. The number of rotatable bonds is 6. The van der Waals surface area contributed by atoms with Gasteiger partial charge in [0.05, 0.1) is 11.4 Å². The van der Waals surface area contributed by atoms with E-state index in [2.05, 4.69) is 24.1 Å². The van der Waals surface area contributed by atoms with Crippen LogP contribution in [0.25, 0.3) is 0 Å². The van der Waals surface area contributed by atoms with Gasteiger partial charge in [-0.05, 0) is 36.8 Å². The van der Waals surface area contributed by atoms with Gasteiger partial charge in [-0.15, -0.1) is 0 Å². The Morgan fingerprint density at radius 3 is 2.71 bits per heavy atom. The van der Waals surface area contributed by atoms with Crippen molar-refractivity contribution in [1.29, 1.82) is 0 Å². The molecule has 21 heavy (non-hydrogen) atoms. The molecule has 112 valence electrons. The molecule has 1 aromatic carbocycles. The van der Waals surface area contributed by atoms with Crippen LogP contribution in [0.3, 0.4) is 0 Å². The van der Waals surface area contributed by atoms with E-state index in [-0.39, 0.29) is 18.2 Å². The maximum absolute atomic E-state index is 13.6. The van der Waals surface area contributed by atoms with Crippen LogP contribution in [0.4, 0.5) is 4.39 Å². The van der Waals surface area contributed by atoms with Gasteiger partial charge in [-0.1, -0.05) is 26.0 Å². The van der Waals surface area contributed by atoms with Crippen LogP contribution in [0.15, 0.2) is 36.4 Å². The van der Waals surface area contributed by atoms with Gasteiger partial charge in [-0.3, -0.25) is 4.98 Å². The fourth-order valence-corrected chi connectivity index (χ4v) is 1.89. The molecule has 0 spiro atoms. The topological polar surface area (TPSA) is 34.1 Å². The van der Waals surface area contributed by atoms with Crippen LogP contribution >= 0.6 is 0 Å². The molecule has 2 aromatic rings. The molecule has 3 nitrogen and oxygen atoms in total. The number of aryl methyl sites for hydroxylation is 1. The lowest BCUT2D eigenvalue weighted by Crippen LogP contribution is -2.22. The Morgan fingerprint density at radius 1 is 1.19 bits per heavy atom. The first-order chi connectivity index (χ1) is 10.0. The summed E-state index contributed by atoms with van der Waals surface area (Å²) in [6.07, 6.45) is 0. The van der Waals surface area contributed by atoms with Crippen molar-refractivity contribution >= 4 is 0 Å². The molecule has 0 bridgehead atoms. The third kappa shape index (κ3) is 4.83. The lowest BCUT2D eigenvalue weighted by atomic mass is 10.2. The second-order valence-electron chi connectivity index (χ2n) is 5.38. The van der Waals surface area contributed by atoms with Crippen LogP contribution < -0.4 is 10.1 Å². The quantitative estimate of drug-likeness (QED) is 0.881. The van der Waals surface area contributed by atoms with E-state index in [1.165, 1.54) is 6.07 Å². The Kier molecular flexibility index (Phi) is 5.28. The van der Waals surface area contributed by atoms with Crippen molar-refractivity contribution in [3.05, 3.63) is 59.2 Å². The van der Waals surface area contributed by atoms with E-state index >= 15 is 0 Å². The van der Waals surface area contributed by atoms with Gasteiger partial charge in [0.25, 0.3) is 0 Å². The van der Waals surface area contributed by atoms with E-state index in [0.717, 1.165) is 17.0 Å². The van der Waals surface area contributed by atoms with E-state index < -0.39 is 0 Å². The fraction of sp³-hybridized carbons (Fsp3) is 0.353. The second-order valence-corrected chi connectivity index (χ2v) is 5.38. The molecular formula is C17H21FN2O. The van der Waals surface area contributed by atoms with E-state index in [1.54, 1.807) is 12.1 Å². The van der Waals surface area contributed by atoms with Gasteiger partial charge in [-0.25, -0.2) is 4.39 Å². The number of pyridine rings is 1. The van der Waals surface area contributed by atoms with Crippen LogP contribution in [-0.2, 0) is 13.2 Å². The molecule has 0 amide bonds. The zero-order valence-corrected chi connectivity index (χ0v) is 12.7. The summed E-state index contributed by atoms with van der Waals surface area (Å²) in [6, 6.07) is 11.0. The number of ether oxygens (including phenoxy) is 1. The summed E-state index contributed by atoms with van der Waals surface area (Å²) in [7, 11) is 0. The van der Waals surface area contributed by atoms with Gasteiger partial charge in [0, 0.05) is 12.6 Å². The number of benzene rings is 1. The smallest absolute Gasteiger partial charge is 0.165 e. The number of halogens is 1. The maximum atomic E-state index is 13.6. The molecule has 1 heterocycles. The van der Waals surface area contributed by atoms with Crippen LogP contribution in [0.1, 0.15) is 30.8 Å². The molecule has 0 atom stereocenters. The molecule has 0 aliphatic heterocycles. The summed E-state index contributed by atoms with van der Waals surface area (Å²) in [5, 5.41) is 3.32. The largest absolute Gasteiger partial charge is 0.484 e. The zero-order valence-electron chi connectivity index (χ0n) is 12.7. The normalized spacial score (nSPS) is 10.9. The Labute approximate surface area is 125 Å². The predicted octanol–water partition coefficient (Wildman–Crippen LogP) is 3.61. The van der Waals surface area contributed by atoms with Gasteiger partial charge in [0.1, 0.15) is 6.61 Å². The highest BCUT2D eigenvalue weighted by Crippen LogP contribution is 2.19. The highest BCUT2D eigenvalue weighted by Gasteiger charge is 2.05. The van der Waals surface area contributed by atoms with Crippen molar-refractivity contribution < 1.29 is 9.13 Å². The van der Waals surface area contributed by atoms with Crippen molar-refractivity contribution in [2.75, 3.05) is 0 Å². The Balaban J connectivity index is 1.99. The van der Waals surface area contributed by atoms with Crippen molar-refractivity contribution in [1.82, 2.24) is 10.3 Å². The van der Waals surface area contributed by atoms with Crippen LogP contribution in [-0.4, -0.2) is 11.0 Å². The zero-order chi connectivity index (χ0) is 15.2. The van der Waals surface area contributed by atoms with Gasteiger partial charge in [0.2, 0.25) is 0 Å². The Bertz CT molecular complexity index is 599. The van der Waals surface area contributed by atoms with Gasteiger partial charge >= 0.3 is 0 Å². The van der Waals surface area contributed by atoms with Crippen molar-refractivity contribution in [3.8, 4) is 5.75 Å². The SMILES string of the molecule is Cc1ccc(F)c(OCc2cccc(CNC(C)C)n2)c1. The minimum atomic E-state index is -0.349. The standard InChI is InChI=1S/C17H21FN2O/c1-12(2)19-10-14-5-4-6-15(20-14)11-21-17-9-13(3)7-8-16(17)18/h4-9,12,19H,10-11H2,1-3H3. The van der Waals surface area contributed by atoms with E-state index in [0.29, 0.717) is 12.6 Å². The summed E-state index contributed by atoms with van der Waals surface area (Å²) < 4.78 is 19.1. The monoisotopic (exact) mass is 288 g/mol. The minimum Gasteiger partial charge on any atom is -0.484 e. The first kappa shape index (κ1) is 15.4. The predicted molar refractivity (Wildman–Crippen MR) is 81.7 cm³/mol. The van der Waals surface area contributed by atoms with Crippen LogP contribution in [0.5, 0.6) is 5.75 Å². The number of hydrogen-bond acceptors (Lipinski definition) is 3. The molecule has 0 aliphatic carbocycles. The summed E-state index contributed by atoms with van der Waals surface area (Å²) in [6.45, 7) is 7.06. The lowest BCUT2D eigenvalue weighted by molar-refractivity contribution is 0.285. The molecule has 0 unspecified atom stereocenters. The van der Waals surface area contributed by atoms with Crippen molar-refractivity contribution in [3.63, 3.8) is 0 Å². The van der Waals surface area contributed by atoms with E-state index in [9.17, 15) is 4.39 Å². The van der Waals surface area contributed by atoms with Crippen LogP contribution in [0.2, 0.25) is 0 Å². The number of nitrogens with zero attached hydrogens (tertiary/aromatic N) is 1. The average molecular weight is 288 g/mol. The molecule has 1 N–H and O–H groups in total. The summed E-state index contributed by atoms with van der Waals surface area (Å²) >= 11 is 0. The highest BCUT2D eigenvalue weighted by molar-refractivity contribution is 5.29.